The molecular weight excluding hydrogens is 320 g/mol. The number of thiazole rings is 1. The van der Waals surface area contributed by atoms with Crippen LogP contribution in [-0.2, 0) is 13.1 Å². The third-order valence-corrected chi connectivity index (χ3v) is 4.91. The summed E-state index contributed by atoms with van der Waals surface area (Å²) in [6.45, 7) is 5.70. The fourth-order valence-corrected chi connectivity index (χ4v) is 3.47. The summed E-state index contributed by atoms with van der Waals surface area (Å²) >= 11 is 1.70. The first-order valence-electron chi connectivity index (χ1n) is 8.30. The average Bonchev–Trinajstić information content (AvgIpc) is 3.27. The molecule has 0 spiro atoms. The molecule has 24 heavy (non-hydrogen) atoms. The highest BCUT2D eigenvalue weighted by Crippen LogP contribution is 2.18. The molecular formula is C17H24N6S. The second-order valence-corrected chi connectivity index (χ2v) is 7.18. The summed E-state index contributed by atoms with van der Waals surface area (Å²) in [7, 11) is 1.78. The van der Waals surface area contributed by atoms with E-state index in [1.807, 2.05) is 18.5 Å². The topological polar surface area (TPSA) is 65.4 Å². The molecule has 2 aromatic heterocycles. The van der Waals surface area contributed by atoms with Gasteiger partial charge in [-0.2, -0.15) is 0 Å². The summed E-state index contributed by atoms with van der Waals surface area (Å²) in [6, 6.07) is 4.21. The van der Waals surface area contributed by atoms with Crippen LogP contribution in [0.2, 0.25) is 0 Å². The minimum absolute atomic E-state index is 0.688. The van der Waals surface area contributed by atoms with E-state index in [1.165, 1.54) is 23.3 Å². The van der Waals surface area contributed by atoms with Gasteiger partial charge in [0.05, 0.1) is 6.54 Å². The highest BCUT2D eigenvalue weighted by molar-refractivity contribution is 7.11. The summed E-state index contributed by atoms with van der Waals surface area (Å²) in [5, 5.41) is 7.72. The van der Waals surface area contributed by atoms with E-state index in [-0.39, 0.29) is 0 Å². The molecule has 2 N–H and O–H groups in total. The van der Waals surface area contributed by atoms with Gasteiger partial charge in [0.25, 0.3) is 0 Å². The van der Waals surface area contributed by atoms with Crippen LogP contribution in [0, 0.1) is 6.92 Å². The van der Waals surface area contributed by atoms with E-state index < -0.39 is 0 Å². The Labute approximate surface area is 147 Å². The zero-order valence-electron chi connectivity index (χ0n) is 14.2. The summed E-state index contributed by atoms with van der Waals surface area (Å²) in [6.07, 6.45) is 6.31. The quantitative estimate of drug-likeness (QED) is 0.644. The van der Waals surface area contributed by atoms with Gasteiger partial charge in [-0.15, -0.1) is 11.3 Å². The number of hydrogen-bond acceptors (Lipinski definition) is 5. The largest absolute Gasteiger partial charge is 0.357 e. The Kier molecular flexibility index (Phi) is 5.63. The molecule has 0 unspecified atom stereocenters. The van der Waals surface area contributed by atoms with Crippen molar-refractivity contribution in [3.05, 3.63) is 40.0 Å². The van der Waals surface area contributed by atoms with Gasteiger partial charge in [0.15, 0.2) is 5.96 Å². The lowest BCUT2D eigenvalue weighted by Gasteiger charge is -2.17. The first-order valence-corrected chi connectivity index (χ1v) is 9.12. The van der Waals surface area contributed by atoms with E-state index >= 15 is 0 Å². The number of aliphatic imine (C=N–C) groups is 1. The number of nitrogens with one attached hydrogen (secondary N) is 2. The fourth-order valence-electron chi connectivity index (χ4n) is 2.74. The van der Waals surface area contributed by atoms with Gasteiger partial charge in [-0.1, -0.05) is 0 Å². The first-order chi connectivity index (χ1) is 11.7. The Morgan fingerprint density at radius 3 is 2.75 bits per heavy atom. The normalized spacial score (nSPS) is 14.9. The Balaban J connectivity index is 1.52. The molecule has 2 aromatic rings. The predicted molar refractivity (Wildman–Crippen MR) is 99.6 cm³/mol. The van der Waals surface area contributed by atoms with Crippen molar-refractivity contribution in [2.24, 2.45) is 4.99 Å². The van der Waals surface area contributed by atoms with Crippen molar-refractivity contribution in [2.45, 2.75) is 32.9 Å². The van der Waals surface area contributed by atoms with E-state index in [9.17, 15) is 0 Å². The lowest BCUT2D eigenvalue weighted by Crippen LogP contribution is -2.36. The summed E-state index contributed by atoms with van der Waals surface area (Å²) < 4.78 is 0. The average molecular weight is 344 g/mol. The van der Waals surface area contributed by atoms with Gasteiger partial charge in [-0.05, 0) is 37.5 Å². The predicted octanol–water partition coefficient (Wildman–Crippen LogP) is 2.31. The lowest BCUT2D eigenvalue weighted by atomic mass is 10.2. The number of nitrogens with zero attached hydrogens (tertiary/aromatic N) is 4. The van der Waals surface area contributed by atoms with Crippen molar-refractivity contribution in [1.82, 2.24) is 20.6 Å². The van der Waals surface area contributed by atoms with Crippen LogP contribution in [0.4, 0.5) is 5.82 Å². The van der Waals surface area contributed by atoms with Crippen LogP contribution in [0.1, 0.15) is 28.3 Å². The summed E-state index contributed by atoms with van der Waals surface area (Å²) in [4.78, 5) is 16.7. The van der Waals surface area contributed by atoms with Gasteiger partial charge >= 0.3 is 0 Å². The van der Waals surface area contributed by atoms with Gasteiger partial charge in [-0.3, -0.25) is 4.99 Å². The second kappa shape index (κ2) is 8.10. The number of hydrogen-bond donors (Lipinski definition) is 2. The van der Waals surface area contributed by atoms with E-state index in [4.69, 9.17) is 0 Å². The molecule has 0 bridgehead atoms. The van der Waals surface area contributed by atoms with Gasteiger partial charge in [0.1, 0.15) is 10.8 Å². The Morgan fingerprint density at radius 1 is 1.25 bits per heavy atom. The monoisotopic (exact) mass is 344 g/mol. The standard InChI is InChI=1S/C17H24N6S/c1-13-10-20-16(24-13)12-22-17(18-2)21-11-14-5-6-19-15(9-14)23-7-3-4-8-23/h5-6,9-10H,3-4,7-8,11-12H2,1-2H3,(H2,18,21,22). The molecule has 0 atom stereocenters. The van der Waals surface area contributed by atoms with Crippen LogP contribution in [0.3, 0.4) is 0 Å². The van der Waals surface area contributed by atoms with E-state index in [2.05, 4.69) is 43.5 Å². The zero-order valence-corrected chi connectivity index (χ0v) is 15.1. The zero-order chi connectivity index (χ0) is 16.8. The molecule has 7 heteroatoms. The number of anilines is 1. The van der Waals surface area contributed by atoms with Crippen molar-refractivity contribution in [2.75, 3.05) is 25.0 Å². The SMILES string of the molecule is CN=C(NCc1ccnc(N2CCCC2)c1)NCc1ncc(C)s1. The minimum atomic E-state index is 0.688. The molecule has 0 saturated carbocycles. The van der Waals surface area contributed by atoms with Crippen LogP contribution in [0.15, 0.2) is 29.5 Å². The molecule has 128 valence electrons. The van der Waals surface area contributed by atoms with E-state index in [0.29, 0.717) is 6.54 Å². The molecule has 3 rings (SSSR count). The Hall–Kier alpha value is -2.15. The number of guanidine groups is 1. The van der Waals surface area contributed by atoms with Crippen molar-refractivity contribution >= 4 is 23.1 Å². The summed E-state index contributed by atoms with van der Waals surface area (Å²) in [5.74, 6) is 1.86. The number of pyridine rings is 1. The third-order valence-electron chi connectivity index (χ3n) is 4.00. The highest BCUT2D eigenvalue weighted by Gasteiger charge is 2.13. The maximum absolute atomic E-state index is 4.49. The van der Waals surface area contributed by atoms with Crippen LogP contribution < -0.4 is 15.5 Å². The molecule has 1 saturated heterocycles. The van der Waals surface area contributed by atoms with Crippen LogP contribution in [-0.4, -0.2) is 36.1 Å². The minimum Gasteiger partial charge on any atom is -0.357 e. The maximum atomic E-state index is 4.49. The van der Waals surface area contributed by atoms with E-state index in [1.54, 1.807) is 18.4 Å². The van der Waals surface area contributed by atoms with Gasteiger partial charge in [0.2, 0.25) is 0 Å². The molecule has 1 aliphatic heterocycles. The van der Waals surface area contributed by atoms with E-state index in [0.717, 1.165) is 36.4 Å². The van der Waals surface area contributed by atoms with Crippen molar-refractivity contribution < 1.29 is 0 Å². The lowest BCUT2D eigenvalue weighted by molar-refractivity contribution is 0.803. The Bertz CT molecular complexity index is 690. The molecule has 0 amide bonds. The Morgan fingerprint density at radius 2 is 2.04 bits per heavy atom. The molecule has 0 radical (unpaired) electrons. The molecule has 3 heterocycles. The number of aryl methyl sites for hydroxylation is 1. The second-order valence-electron chi connectivity index (χ2n) is 5.86. The van der Waals surface area contributed by atoms with Crippen LogP contribution in [0.25, 0.3) is 0 Å². The van der Waals surface area contributed by atoms with Crippen LogP contribution >= 0.6 is 11.3 Å². The van der Waals surface area contributed by atoms with Crippen LogP contribution in [0.5, 0.6) is 0 Å². The maximum Gasteiger partial charge on any atom is 0.191 e. The molecule has 0 aliphatic carbocycles. The van der Waals surface area contributed by atoms with Crippen molar-refractivity contribution in [3.8, 4) is 0 Å². The van der Waals surface area contributed by atoms with Gasteiger partial charge in [0, 0.05) is 44.0 Å². The third kappa shape index (κ3) is 4.44. The number of rotatable bonds is 5. The highest BCUT2D eigenvalue weighted by atomic mass is 32.1. The fraction of sp³-hybridized carbons (Fsp3) is 0.471. The molecule has 1 fully saturated rings. The van der Waals surface area contributed by atoms with Gasteiger partial charge in [-0.25, -0.2) is 9.97 Å². The van der Waals surface area contributed by atoms with Gasteiger partial charge < -0.3 is 15.5 Å². The smallest absolute Gasteiger partial charge is 0.191 e. The molecule has 0 aromatic carbocycles. The first kappa shape index (κ1) is 16.7. The molecule has 6 nitrogen and oxygen atoms in total. The number of aromatic nitrogens is 2. The van der Waals surface area contributed by atoms with Crippen molar-refractivity contribution in [3.63, 3.8) is 0 Å². The summed E-state index contributed by atoms with van der Waals surface area (Å²) in [5.41, 5.74) is 1.21. The molecule has 1 aliphatic rings. The van der Waals surface area contributed by atoms with Crippen molar-refractivity contribution in [1.29, 1.82) is 0 Å².